The zero-order chi connectivity index (χ0) is 14.5. The molecule has 5 nitrogen and oxygen atoms in total. The molecule has 0 unspecified atom stereocenters. The molecule has 104 valence electrons. The summed E-state index contributed by atoms with van der Waals surface area (Å²) in [5.74, 6) is 0.434. The predicted octanol–water partition coefficient (Wildman–Crippen LogP) is 3.87. The van der Waals surface area contributed by atoms with Crippen LogP contribution in [-0.2, 0) is 6.61 Å². The van der Waals surface area contributed by atoms with Crippen molar-refractivity contribution in [3.63, 3.8) is 0 Å². The van der Waals surface area contributed by atoms with Crippen LogP contribution in [0.4, 0.5) is 11.4 Å². The number of benzene rings is 2. The lowest BCUT2D eigenvalue weighted by Crippen LogP contribution is -1.98. The van der Waals surface area contributed by atoms with Gasteiger partial charge in [0, 0.05) is 29.9 Å². The fourth-order valence-corrected chi connectivity index (χ4v) is 1.92. The van der Waals surface area contributed by atoms with Gasteiger partial charge in [0.1, 0.15) is 12.4 Å². The molecule has 0 fully saturated rings. The SMILES string of the molecule is CNc1cc(OCc2cccc(Cl)c2)cc([N+](=O)[O-])c1. The number of ether oxygens (including phenoxy) is 1. The Balaban J connectivity index is 2.16. The Morgan fingerprint density at radius 3 is 2.75 bits per heavy atom. The summed E-state index contributed by atoms with van der Waals surface area (Å²) in [7, 11) is 1.69. The first kappa shape index (κ1) is 14.1. The number of hydrogen-bond acceptors (Lipinski definition) is 4. The van der Waals surface area contributed by atoms with E-state index in [1.54, 1.807) is 25.2 Å². The Labute approximate surface area is 121 Å². The summed E-state index contributed by atoms with van der Waals surface area (Å²) < 4.78 is 5.58. The van der Waals surface area contributed by atoms with Crippen LogP contribution in [0.3, 0.4) is 0 Å². The fourth-order valence-electron chi connectivity index (χ4n) is 1.71. The Kier molecular flexibility index (Phi) is 4.42. The second-order valence-electron chi connectivity index (χ2n) is 4.14. The summed E-state index contributed by atoms with van der Waals surface area (Å²) in [4.78, 5) is 10.4. The summed E-state index contributed by atoms with van der Waals surface area (Å²) >= 11 is 5.89. The molecule has 0 aliphatic heterocycles. The summed E-state index contributed by atoms with van der Waals surface area (Å²) in [5, 5.41) is 14.3. The van der Waals surface area contributed by atoms with Gasteiger partial charge in [-0.05, 0) is 17.7 Å². The van der Waals surface area contributed by atoms with Gasteiger partial charge in [0.15, 0.2) is 0 Å². The number of hydrogen-bond donors (Lipinski definition) is 1. The molecular formula is C14H13ClN2O3. The van der Waals surface area contributed by atoms with Crippen molar-refractivity contribution in [3.8, 4) is 5.75 Å². The van der Waals surface area contributed by atoms with Gasteiger partial charge >= 0.3 is 0 Å². The smallest absolute Gasteiger partial charge is 0.275 e. The van der Waals surface area contributed by atoms with E-state index in [1.165, 1.54) is 12.1 Å². The number of non-ortho nitro benzene ring substituents is 1. The van der Waals surface area contributed by atoms with E-state index in [1.807, 2.05) is 12.1 Å². The van der Waals surface area contributed by atoms with Crippen LogP contribution in [0.1, 0.15) is 5.56 Å². The molecule has 0 aromatic heterocycles. The van der Waals surface area contributed by atoms with Crippen molar-refractivity contribution in [1.82, 2.24) is 0 Å². The zero-order valence-electron chi connectivity index (χ0n) is 10.8. The molecule has 0 radical (unpaired) electrons. The first-order valence-electron chi connectivity index (χ1n) is 5.93. The van der Waals surface area contributed by atoms with Crippen molar-refractivity contribution in [2.24, 2.45) is 0 Å². The maximum atomic E-state index is 10.8. The average molecular weight is 293 g/mol. The lowest BCUT2D eigenvalue weighted by Gasteiger charge is -2.08. The van der Waals surface area contributed by atoms with E-state index in [-0.39, 0.29) is 5.69 Å². The topological polar surface area (TPSA) is 64.4 Å². The first-order valence-corrected chi connectivity index (χ1v) is 6.31. The lowest BCUT2D eigenvalue weighted by molar-refractivity contribution is -0.384. The zero-order valence-corrected chi connectivity index (χ0v) is 11.6. The summed E-state index contributed by atoms with van der Waals surface area (Å²) in [5.41, 5.74) is 1.51. The van der Waals surface area contributed by atoms with Crippen molar-refractivity contribution >= 4 is 23.0 Å². The van der Waals surface area contributed by atoms with Crippen molar-refractivity contribution < 1.29 is 9.66 Å². The monoisotopic (exact) mass is 292 g/mol. The van der Waals surface area contributed by atoms with Crippen LogP contribution in [0.25, 0.3) is 0 Å². The normalized spacial score (nSPS) is 10.1. The van der Waals surface area contributed by atoms with E-state index in [0.29, 0.717) is 23.1 Å². The number of halogens is 1. The molecule has 0 saturated heterocycles. The van der Waals surface area contributed by atoms with Crippen LogP contribution < -0.4 is 10.1 Å². The molecular weight excluding hydrogens is 280 g/mol. The molecule has 0 spiro atoms. The van der Waals surface area contributed by atoms with E-state index in [9.17, 15) is 10.1 Å². The van der Waals surface area contributed by atoms with Crippen LogP contribution in [0.15, 0.2) is 42.5 Å². The Bertz CT molecular complexity index is 632. The van der Waals surface area contributed by atoms with E-state index in [4.69, 9.17) is 16.3 Å². The predicted molar refractivity (Wildman–Crippen MR) is 78.4 cm³/mol. The molecule has 0 aliphatic rings. The summed E-state index contributed by atoms with van der Waals surface area (Å²) in [6.45, 7) is 0.297. The van der Waals surface area contributed by atoms with Gasteiger partial charge in [0.25, 0.3) is 5.69 Å². The maximum absolute atomic E-state index is 10.8. The minimum Gasteiger partial charge on any atom is -0.489 e. The van der Waals surface area contributed by atoms with Gasteiger partial charge in [-0.1, -0.05) is 23.7 Å². The summed E-state index contributed by atoms with van der Waals surface area (Å²) in [6.07, 6.45) is 0. The van der Waals surface area contributed by atoms with Crippen molar-refractivity contribution in [2.45, 2.75) is 6.61 Å². The molecule has 6 heteroatoms. The highest BCUT2D eigenvalue weighted by Crippen LogP contribution is 2.26. The third-order valence-electron chi connectivity index (χ3n) is 2.69. The van der Waals surface area contributed by atoms with Gasteiger partial charge in [0.05, 0.1) is 11.0 Å². The minimum absolute atomic E-state index is 0.0158. The van der Waals surface area contributed by atoms with E-state index in [2.05, 4.69) is 5.32 Å². The third-order valence-corrected chi connectivity index (χ3v) is 2.92. The highest BCUT2D eigenvalue weighted by Gasteiger charge is 2.10. The highest BCUT2D eigenvalue weighted by molar-refractivity contribution is 6.30. The average Bonchev–Trinajstić information content (AvgIpc) is 2.45. The number of nitro benzene ring substituents is 1. The van der Waals surface area contributed by atoms with Crippen molar-refractivity contribution in [2.75, 3.05) is 12.4 Å². The maximum Gasteiger partial charge on any atom is 0.275 e. The number of nitro groups is 1. The third kappa shape index (κ3) is 3.61. The van der Waals surface area contributed by atoms with Gasteiger partial charge < -0.3 is 10.1 Å². The molecule has 0 bridgehead atoms. The standard InChI is InChI=1S/C14H13ClN2O3/c1-16-12-6-13(17(18)19)8-14(7-12)20-9-10-3-2-4-11(15)5-10/h2-8,16H,9H2,1H3. The Hall–Kier alpha value is -2.27. The Morgan fingerprint density at radius 1 is 1.30 bits per heavy atom. The molecule has 0 amide bonds. The lowest BCUT2D eigenvalue weighted by atomic mass is 10.2. The molecule has 0 saturated carbocycles. The van der Waals surface area contributed by atoms with Gasteiger partial charge in [-0.3, -0.25) is 10.1 Å². The molecule has 1 N–H and O–H groups in total. The van der Waals surface area contributed by atoms with Crippen LogP contribution in [-0.4, -0.2) is 12.0 Å². The molecule has 0 aliphatic carbocycles. The first-order chi connectivity index (χ1) is 9.58. The van der Waals surface area contributed by atoms with Crippen LogP contribution in [0.5, 0.6) is 5.75 Å². The van der Waals surface area contributed by atoms with Gasteiger partial charge in [0.2, 0.25) is 0 Å². The van der Waals surface area contributed by atoms with Crippen LogP contribution in [0, 0.1) is 10.1 Å². The Morgan fingerprint density at radius 2 is 2.10 bits per heavy atom. The van der Waals surface area contributed by atoms with Gasteiger partial charge in [-0.25, -0.2) is 0 Å². The molecule has 2 aromatic rings. The molecule has 2 aromatic carbocycles. The highest BCUT2D eigenvalue weighted by atomic mass is 35.5. The van der Waals surface area contributed by atoms with E-state index in [0.717, 1.165) is 5.56 Å². The van der Waals surface area contributed by atoms with Gasteiger partial charge in [-0.15, -0.1) is 0 Å². The van der Waals surface area contributed by atoms with Crippen LogP contribution >= 0.6 is 11.6 Å². The molecule has 0 heterocycles. The van der Waals surface area contributed by atoms with E-state index >= 15 is 0 Å². The van der Waals surface area contributed by atoms with Crippen molar-refractivity contribution in [3.05, 3.63) is 63.2 Å². The second-order valence-corrected chi connectivity index (χ2v) is 4.58. The van der Waals surface area contributed by atoms with Gasteiger partial charge in [-0.2, -0.15) is 0 Å². The number of rotatable bonds is 5. The molecule has 0 atom stereocenters. The number of nitrogens with one attached hydrogen (secondary N) is 1. The largest absolute Gasteiger partial charge is 0.489 e. The van der Waals surface area contributed by atoms with E-state index < -0.39 is 4.92 Å². The molecule has 2 rings (SSSR count). The summed E-state index contributed by atoms with van der Waals surface area (Å²) in [6, 6.07) is 11.8. The second kappa shape index (κ2) is 6.25. The quantitative estimate of drug-likeness (QED) is 0.671. The molecule has 20 heavy (non-hydrogen) atoms. The minimum atomic E-state index is -0.451. The fraction of sp³-hybridized carbons (Fsp3) is 0.143. The van der Waals surface area contributed by atoms with Crippen molar-refractivity contribution in [1.29, 1.82) is 0 Å². The number of anilines is 1. The van der Waals surface area contributed by atoms with Crippen LogP contribution in [0.2, 0.25) is 5.02 Å². The number of nitrogens with zero attached hydrogens (tertiary/aromatic N) is 1.